The van der Waals surface area contributed by atoms with Gasteiger partial charge in [0.1, 0.15) is 0 Å². The van der Waals surface area contributed by atoms with Gasteiger partial charge < -0.3 is 5.32 Å². The zero-order chi connectivity index (χ0) is 14.8. The van der Waals surface area contributed by atoms with Gasteiger partial charge in [0.15, 0.2) is 0 Å². The normalized spacial score (nSPS) is 28.8. The molecule has 3 unspecified atom stereocenters. The van der Waals surface area contributed by atoms with Crippen molar-refractivity contribution in [2.75, 3.05) is 5.32 Å². The SMILES string of the molecule is O=C(Nc1ccc(I)cc1Cl)C1CCC2CCCCC2C1. The van der Waals surface area contributed by atoms with Gasteiger partial charge in [-0.2, -0.15) is 0 Å². The first-order chi connectivity index (χ1) is 10.1. The number of hydrogen-bond donors (Lipinski definition) is 1. The van der Waals surface area contributed by atoms with E-state index in [0.717, 1.165) is 33.9 Å². The number of amides is 1. The number of hydrogen-bond acceptors (Lipinski definition) is 1. The second kappa shape index (κ2) is 6.86. The first kappa shape index (κ1) is 15.6. The fourth-order valence-corrected chi connectivity index (χ4v) is 4.84. The molecule has 0 heterocycles. The van der Waals surface area contributed by atoms with Gasteiger partial charge in [0, 0.05) is 9.49 Å². The largest absolute Gasteiger partial charge is 0.325 e. The third-order valence-corrected chi connectivity index (χ3v) is 6.08. The summed E-state index contributed by atoms with van der Waals surface area (Å²) in [6.07, 6.45) is 8.76. The summed E-state index contributed by atoms with van der Waals surface area (Å²) in [6.45, 7) is 0. The van der Waals surface area contributed by atoms with Gasteiger partial charge in [0.05, 0.1) is 10.7 Å². The van der Waals surface area contributed by atoms with Gasteiger partial charge in [-0.1, -0.05) is 37.3 Å². The zero-order valence-electron chi connectivity index (χ0n) is 12.1. The molecule has 2 aliphatic carbocycles. The fourth-order valence-electron chi connectivity index (χ4n) is 3.94. The maximum Gasteiger partial charge on any atom is 0.227 e. The van der Waals surface area contributed by atoms with Crippen molar-refractivity contribution in [2.45, 2.75) is 44.9 Å². The molecule has 0 aliphatic heterocycles. The summed E-state index contributed by atoms with van der Waals surface area (Å²) in [5.74, 6) is 1.97. The summed E-state index contributed by atoms with van der Waals surface area (Å²) in [5.41, 5.74) is 0.743. The van der Waals surface area contributed by atoms with Gasteiger partial charge in [-0.25, -0.2) is 0 Å². The van der Waals surface area contributed by atoms with Crippen LogP contribution in [0.3, 0.4) is 0 Å². The Morgan fingerprint density at radius 1 is 1.14 bits per heavy atom. The van der Waals surface area contributed by atoms with Crippen LogP contribution >= 0.6 is 34.2 Å². The lowest BCUT2D eigenvalue weighted by atomic mass is 9.67. The van der Waals surface area contributed by atoms with Crippen LogP contribution in [0.5, 0.6) is 0 Å². The van der Waals surface area contributed by atoms with Crippen LogP contribution in [-0.4, -0.2) is 5.91 Å². The molecule has 1 N–H and O–H groups in total. The van der Waals surface area contributed by atoms with Gasteiger partial charge in [0.2, 0.25) is 5.91 Å². The lowest BCUT2D eigenvalue weighted by Gasteiger charge is -2.38. The van der Waals surface area contributed by atoms with Crippen LogP contribution < -0.4 is 5.32 Å². The molecule has 114 valence electrons. The number of carbonyl (C=O) groups excluding carboxylic acids is 1. The molecule has 0 radical (unpaired) electrons. The summed E-state index contributed by atoms with van der Waals surface area (Å²) < 4.78 is 1.08. The van der Waals surface area contributed by atoms with E-state index >= 15 is 0 Å². The first-order valence-corrected chi connectivity index (χ1v) is 9.35. The van der Waals surface area contributed by atoms with Gasteiger partial charge in [0.25, 0.3) is 0 Å². The van der Waals surface area contributed by atoms with Gasteiger partial charge in [-0.3, -0.25) is 4.79 Å². The van der Waals surface area contributed by atoms with Crippen molar-refractivity contribution >= 4 is 45.8 Å². The van der Waals surface area contributed by atoms with Crippen LogP contribution in [0.2, 0.25) is 5.02 Å². The molecule has 3 atom stereocenters. The van der Waals surface area contributed by atoms with Crippen molar-refractivity contribution in [1.82, 2.24) is 0 Å². The monoisotopic (exact) mass is 417 g/mol. The van der Waals surface area contributed by atoms with E-state index in [1.54, 1.807) is 0 Å². The van der Waals surface area contributed by atoms with Gasteiger partial charge in [-0.15, -0.1) is 0 Å². The van der Waals surface area contributed by atoms with Crippen LogP contribution in [0.25, 0.3) is 0 Å². The number of anilines is 1. The predicted octanol–water partition coefficient (Wildman–Crippen LogP) is 5.49. The molecule has 2 aliphatic rings. The van der Waals surface area contributed by atoms with E-state index in [0.29, 0.717) is 5.02 Å². The number of fused-ring (bicyclic) bond motifs is 1. The van der Waals surface area contributed by atoms with Crippen molar-refractivity contribution < 1.29 is 4.79 Å². The van der Waals surface area contributed by atoms with Crippen molar-refractivity contribution in [3.05, 3.63) is 26.8 Å². The highest BCUT2D eigenvalue weighted by Gasteiger charge is 2.35. The van der Waals surface area contributed by atoms with Crippen LogP contribution in [0, 0.1) is 21.3 Å². The third-order valence-electron chi connectivity index (χ3n) is 5.10. The van der Waals surface area contributed by atoms with E-state index in [-0.39, 0.29) is 11.8 Å². The van der Waals surface area contributed by atoms with Crippen molar-refractivity contribution in [3.8, 4) is 0 Å². The summed E-state index contributed by atoms with van der Waals surface area (Å²) in [5, 5.41) is 3.65. The van der Waals surface area contributed by atoms with E-state index in [1.807, 2.05) is 18.2 Å². The van der Waals surface area contributed by atoms with E-state index in [4.69, 9.17) is 11.6 Å². The van der Waals surface area contributed by atoms with E-state index in [2.05, 4.69) is 27.9 Å². The Kier molecular flexibility index (Phi) is 5.10. The maximum absolute atomic E-state index is 12.5. The number of benzene rings is 1. The van der Waals surface area contributed by atoms with E-state index < -0.39 is 0 Å². The first-order valence-electron chi connectivity index (χ1n) is 7.89. The Bertz CT molecular complexity index is 534. The Balaban J connectivity index is 1.63. The Labute approximate surface area is 145 Å². The highest BCUT2D eigenvalue weighted by molar-refractivity contribution is 14.1. The molecule has 0 spiro atoms. The molecule has 2 nitrogen and oxygen atoms in total. The van der Waals surface area contributed by atoms with E-state index in [1.165, 1.54) is 32.1 Å². The van der Waals surface area contributed by atoms with Crippen LogP contribution in [0.1, 0.15) is 44.9 Å². The maximum atomic E-state index is 12.5. The minimum atomic E-state index is 0.155. The topological polar surface area (TPSA) is 29.1 Å². The third kappa shape index (κ3) is 3.73. The Hall–Kier alpha value is -0.290. The minimum absolute atomic E-state index is 0.155. The molecule has 1 aromatic rings. The molecule has 4 heteroatoms. The lowest BCUT2D eigenvalue weighted by molar-refractivity contribution is -0.122. The molecule has 3 rings (SSSR count). The van der Waals surface area contributed by atoms with Gasteiger partial charge >= 0.3 is 0 Å². The molecule has 1 amide bonds. The number of carbonyl (C=O) groups is 1. The fraction of sp³-hybridized carbons (Fsp3) is 0.588. The average Bonchev–Trinajstić information content (AvgIpc) is 2.49. The quantitative estimate of drug-likeness (QED) is 0.633. The van der Waals surface area contributed by atoms with Crippen LogP contribution in [0.15, 0.2) is 18.2 Å². The summed E-state index contributed by atoms with van der Waals surface area (Å²) in [4.78, 5) is 12.5. The molecular formula is C17H21ClINO. The van der Waals surface area contributed by atoms with Crippen molar-refractivity contribution in [2.24, 2.45) is 17.8 Å². The second-order valence-electron chi connectivity index (χ2n) is 6.43. The highest BCUT2D eigenvalue weighted by Crippen LogP contribution is 2.43. The lowest BCUT2D eigenvalue weighted by Crippen LogP contribution is -2.33. The molecule has 21 heavy (non-hydrogen) atoms. The Morgan fingerprint density at radius 2 is 1.90 bits per heavy atom. The molecule has 0 saturated heterocycles. The number of nitrogens with one attached hydrogen (secondary N) is 1. The van der Waals surface area contributed by atoms with Crippen molar-refractivity contribution in [3.63, 3.8) is 0 Å². The standard InChI is InChI=1S/C17H21ClINO/c18-15-10-14(19)7-8-16(15)20-17(21)13-6-5-11-3-1-2-4-12(11)9-13/h7-8,10-13H,1-6,9H2,(H,20,21). The Morgan fingerprint density at radius 3 is 2.67 bits per heavy atom. The highest BCUT2D eigenvalue weighted by atomic mass is 127. The zero-order valence-corrected chi connectivity index (χ0v) is 15.0. The molecule has 1 aromatic carbocycles. The molecule has 2 fully saturated rings. The van der Waals surface area contributed by atoms with Gasteiger partial charge in [-0.05, 0) is 71.9 Å². The smallest absolute Gasteiger partial charge is 0.227 e. The molecular weight excluding hydrogens is 397 g/mol. The van der Waals surface area contributed by atoms with Crippen molar-refractivity contribution in [1.29, 1.82) is 0 Å². The average molecular weight is 418 g/mol. The number of rotatable bonds is 2. The molecule has 0 bridgehead atoms. The van der Waals surface area contributed by atoms with Crippen LogP contribution in [-0.2, 0) is 4.79 Å². The molecule has 2 saturated carbocycles. The summed E-state index contributed by atoms with van der Waals surface area (Å²) >= 11 is 8.43. The second-order valence-corrected chi connectivity index (χ2v) is 8.08. The number of halogens is 2. The minimum Gasteiger partial charge on any atom is -0.325 e. The summed E-state index contributed by atoms with van der Waals surface area (Å²) in [7, 11) is 0. The molecule has 0 aromatic heterocycles. The van der Waals surface area contributed by atoms with E-state index in [9.17, 15) is 4.79 Å². The summed E-state index contributed by atoms with van der Waals surface area (Å²) in [6, 6.07) is 5.75. The van der Waals surface area contributed by atoms with Crippen LogP contribution in [0.4, 0.5) is 5.69 Å². The predicted molar refractivity (Wildman–Crippen MR) is 95.6 cm³/mol.